The molecule has 0 aliphatic heterocycles. The number of nitrogens with zero attached hydrogens (tertiary/aromatic N) is 2. The molecular formula is C20H24N2O8S. The molecule has 2 aromatic rings. The van der Waals surface area contributed by atoms with Gasteiger partial charge in [0, 0.05) is 0 Å². The Kier molecular flexibility index (Phi) is 6.89. The van der Waals surface area contributed by atoms with Crippen LogP contribution in [0.2, 0.25) is 0 Å². The summed E-state index contributed by atoms with van der Waals surface area (Å²) in [6, 6.07) is 4.89. The van der Waals surface area contributed by atoms with Crippen LogP contribution in [-0.2, 0) is 9.84 Å². The van der Waals surface area contributed by atoms with Crippen LogP contribution in [0.3, 0.4) is 0 Å². The summed E-state index contributed by atoms with van der Waals surface area (Å²) in [7, 11) is -1.86. The Morgan fingerprint density at radius 3 is 1.29 bits per heavy atom. The van der Waals surface area contributed by atoms with E-state index in [-0.39, 0.29) is 32.4 Å². The van der Waals surface area contributed by atoms with Crippen molar-refractivity contribution in [1.82, 2.24) is 0 Å². The number of benzene rings is 2. The normalized spacial score (nSPS) is 11.6. The van der Waals surface area contributed by atoms with Gasteiger partial charge in [-0.05, 0) is 36.1 Å². The molecule has 168 valence electrons. The summed E-state index contributed by atoms with van der Waals surface area (Å²) in [5.74, 6) is -1.23. The Morgan fingerprint density at radius 2 is 1.06 bits per heavy atom. The molecule has 0 heterocycles. The van der Waals surface area contributed by atoms with Gasteiger partial charge < -0.3 is 9.47 Å². The molecule has 31 heavy (non-hydrogen) atoms. The van der Waals surface area contributed by atoms with Gasteiger partial charge in [0.2, 0.25) is 9.84 Å². The van der Waals surface area contributed by atoms with Crippen LogP contribution in [0, 0.1) is 20.2 Å². The Hall–Kier alpha value is -3.21. The molecule has 0 aromatic heterocycles. The van der Waals surface area contributed by atoms with Crippen LogP contribution in [0.25, 0.3) is 0 Å². The highest BCUT2D eigenvalue weighted by Crippen LogP contribution is 2.45. The van der Waals surface area contributed by atoms with Crippen LogP contribution < -0.4 is 9.47 Å². The minimum atomic E-state index is -4.37. The molecule has 10 nitrogen and oxygen atoms in total. The maximum atomic E-state index is 13.7. The molecule has 2 rings (SSSR count). The third-order valence-corrected chi connectivity index (χ3v) is 6.69. The first-order chi connectivity index (χ1) is 14.4. The quantitative estimate of drug-likeness (QED) is 0.418. The number of hydrogen-bond donors (Lipinski definition) is 0. The van der Waals surface area contributed by atoms with Gasteiger partial charge in [0.15, 0.2) is 11.5 Å². The zero-order valence-electron chi connectivity index (χ0n) is 18.0. The van der Waals surface area contributed by atoms with E-state index in [1.54, 1.807) is 27.7 Å². The molecule has 0 atom stereocenters. The smallest absolute Gasteiger partial charge is 0.315 e. The summed E-state index contributed by atoms with van der Waals surface area (Å²) in [6.07, 6.45) is 0. The lowest BCUT2D eigenvalue weighted by Gasteiger charge is -2.19. The second-order valence-corrected chi connectivity index (χ2v) is 9.27. The van der Waals surface area contributed by atoms with Gasteiger partial charge in [0.1, 0.15) is 0 Å². The first-order valence-electron chi connectivity index (χ1n) is 9.35. The molecule has 0 fully saturated rings. The molecule has 0 spiro atoms. The van der Waals surface area contributed by atoms with Crippen molar-refractivity contribution < 1.29 is 27.7 Å². The van der Waals surface area contributed by atoms with Crippen LogP contribution in [-0.4, -0.2) is 32.5 Å². The highest BCUT2D eigenvalue weighted by atomic mass is 32.2. The van der Waals surface area contributed by atoms with Crippen molar-refractivity contribution in [3.05, 3.63) is 55.6 Å². The van der Waals surface area contributed by atoms with Gasteiger partial charge in [-0.1, -0.05) is 27.7 Å². The second kappa shape index (κ2) is 8.88. The average Bonchev–Trinajstić information content (AvgIpc) is 2.70. The number of ether oxygens (including phenoxy) is 2. The van der Waals surface area contributed by atoms with Gasteiger partial charge >= 0.3 is 11.4 Å². The number of sulfone groups is 1. The van der Waals surface area contributed by atoms with Gasteiger partial charge in [-0.15, -0.1) is 0 Å². The molecule has 0 amide bonds. The molecule has 0 saturated carbocycles. The van der Waals surface area contributed by atoms with Gasteiger partial charge in [0.25, 0.3) is 0 Å². The summed E-state index contributed by atoms with van der Waals surface area (Å²) in [5, 5.41) is 23.5. The van der Waals surface area contributed by atoms with E-state index in [2.05, 4.69) is 0 Å². The first-order valence-corrected chi connectivity index (χ1v) is 10.8. The summed E-state index contributed by atoms with van der Waals surface area (Å²) >= 11 is 0. The molecule has 0 N–H and O–H groups in total. The topological polar surface area (TPSA) is 139 Å². The predicted molar refractivity (Wildman–Crippen MR) is 113 cm³/mol. The van der Waals surface area contributed by atoms with Crippen LogP contribution in [0.15, 0.2) is 34.1 Å². The van der Waals surface area contributed by atoms with Crippen LogP contribution in [0.4, 0.5) is 11.4 Å². The Morgan fingerprint density at radius 1 is 0.742 bits per heavy atom. The first kappa shape index (κ1) is 24.1. The monoisotopic (exact) mass is 452 g/mol. The highest BCUT2D eigenvalue weighted by molar-refractivity contribution is 7.91. The van der Waals surface area contributed by atoms with E-state index < -0.39 is 42.9 Å². The minimum absolute atomic E-state index is 0.0301. The van der Waals surface area contributed by atoms with Gasteiger partial charge in [-0.3, -0.25) is 20.2 Å². The van der Waals surface area contributed by atoms with E-state index in [4.69, 9.17) is 9.47 Å². The molecule has 0 aliphatic carbocycles. The highest BCUT2D eigenvalue weighted by Gasteiger charge is 2.37. The zero-order valence-corrected chi connectivity index (χ0v) is 18.8. The van der Waals surface area contributed by atoms with E-state index in [1.165, 1.54) is 38.5 Å². The van der Waals surface area contributed by atoms with Crippen molar-refractivity contribution in [3.8, 4) is 11.5 Å². The number of rotatable bonds is 8. The molecular weight excluding hydrogens is 428 g/mol. The standard InChI is InChI=1S/C20H24N2O8S/c1-11(2)17-15(9-7-13(29-5)19(17)21(23)24)31(27,28)16-10-8-14(30-6)20(22(25)26)18(16)12(3)4/h7-12H,1-6H3. The van der Waals surface area contributed by atoms with Gasteiger partial charge in [-0.25, -0.2) is 8.42 Å². The van der Waals surface area contributed by atoms with Crippen LogP contribution in [0.5, 0.6) is 11.5 Å². The molecule has 0 bridgehead atoms. The largest absolute Gasteiger partial charge is 0.490 e. The number of nitro groups is 2. The van der Waals surface area contributed by atoms with Crippen molar-refractivity contribution in [2.75, 3.05) is 14.2 Å². The van der Waals surface area contributed by atoms with E-state index in [0.717, 1.165) is 0 Å². The van der Waals surface area contributed by atoms with E-state index in [1.807, 2.05) is 0 Å². The van der Waals surface area contributed by atoms with Crippen LogP contribution in [0.1, 0.15) is 50.7 Å². The molecule has 0 aliphatic rings. The summed E-state index contributed by atoms with van der Waals surface area (Å²) in [4.78, 5) is 21.5. The number of methoxy groups -OCH3 is 2. The van der Waals surface area contributed by atoms with E-state index >= 15 is 0 Å². The Balaban J connectivity index is 3.02. The fourth-order valence-electron chi connectivity index (χ4n) is 3.55. The lowest BCUT2D eigenvalue weighted by Crippen LogP contribution is -2.14. The van der Waals surface area contributed by atoms with E-state index in [9.17, 15) is 28.6 Å². The molecule has 11 heteroatoms. The van der Waals surface area contributed by atoms with Crippen molar-refractivity contribution in [2.45, 2.75) is 49.3 Å². The lowest BCUT2D eigenvalue weighted by atomic mass is 10.00. The van der Waals surface area contributed by atoms with E-state index in [0.29, 0.717) is 0 Å². The van der Waals surface area contributed by atoms with Gasteiger partial charge in [-0.2, -0.15) is 0 Å². The lowest BCUT2D eigenvalue weighted by molar-refractivity contribution is -0.386. The fraction of sp³-hybridized carbons (Fsp3) is 0.400. The number of nitro benzene ring substituents is 2. The summed E-state index contributed by atoms with van der Waals surface area (Å²) in [6.45, 7) is 6.50. The SMILES string of the molecule is COc1ccc(S(=O)(=O)c2ccc(OC)c([N+](=O)[O-])c2C(C)C)c(C(C)C)c1[N+](=O)[O-]. The van der Waals surface area contributed by atoms with Crippen molar-refractivity contribution >= 4 is 21.2 Å². The molecule has 0 saturated heterocycles. The molecule has 0 radical (unpaired) electrons. The van der Waals surface area contributed by atoms with Crippen LogP contribution >= 0.6 is 0 Å². The Labute approximate surface area is 180 Å². The average molecular weight is 452 g/mol. The maximum absolute atomic E-state index is 13.7. The summed E-state index contributed by atoms with van der Waals surface area (Å²) in [5.41, 5.74) is -0.963. The van der Waals surface area contributed by atoms with Crippen molar-refractivity contribution in [3.63, 3.8) is 0 Å². The fourth-order valence-corrected chi connectivity index (χ4v) is 5.52. The minimum Gasteiger partial charge on any atom is -0.490 e. The van der Waals surface area contributed by atoms with Crippen molar-refractivity contribution in [2.24, 2.45) is 0 Å². The third-order valence-electron chi connectivity index (χ3n) is 4.82. The molecule has 0 unspecified atom stereocenters. The van der Waals surface area contributed by atoms with Crippen molar-refractivity contribution in [1.29, 1.82) is 0 Å². The zero-order chi connectivity index (χ0) is 23.7. The number of hydrogen-bond acceptors (Lipinski definition) is 8. The van der Waals surface area contributed by atoms with Gasteiger partial charge in [0.05, 0.1) is 45.0 Å². The second-order valence-electron chi connectivity index (χ2n) is 7.38. The molecule has 2 aromatic carbocycles. The summed E-state index contributed by atoms with van der Waals surface area (Å²) < 4.78 is 37.6. The third kappa shape index (κ3) is 4.18. The maximum Gasteiger partial charge on any atom is 0.315 e. The predicted octanol–water partition coefficient (Wildman–Crippen LogP) is 4.60. The Bertz CT molecular complexity index is 1060.